The monoisotopic (exact) mass is 557 g/mol. The smallest absolute Gasteiger partial charge is 0.184 e. The van der Waals surface area contributed by atoms with Crippen molar-refractivity contribution in [3.8, 4) is 0 Å². The summed E-state index contributed by atoms with van der Waals surface area (Å²) >= 11 is 8.06. The second-order valence-electron chi connectivity index (χ2n) is 10.5. The summed E-state index contributed by atoms with van der Waals surface area (Å²) in [4.78, 5) is 13.0. The van der Waals surface area contributed by atoms with Crippen molar-refractivity contribution in [1.82, 2.24) is 15.2 Å². The van der Waals surface area contributed by atoms with Crippen LogP contribution < -0.4 is 10.6 Å². The van der Waals surface area contributed by atoms with E-state index in [1.807, 2.05) is 18.3 Å². The number of aliphatic imine (C=N–C) groups is 1. The number of rotatable bonds is 12. The number of aliphatic hydroxyl groups is 1. The van der Waals surface area contributed by atoms with E-state index in [9.17, 15) is 5.11 Å². The molecule has 208 valence electrons. The van der Waals surface area contributed by atoms with Gasteiger partial charge in [0.25, 0.3) is 0 Å². The van der Waals surface area contributed by atoms with Gasteiger partial charge in [-0.25, -0.2) is 9.98 Å². The van der Waals surface area contributed by atoms with Crippen LogP contribution in [0, 0.1) is 0 Å². The molecule has 0 saturated carbocycles. The molecule has 1 aromatic rings. The first-order valence-corrected chi connectivity index (χ1v) is 14.8. The first kappa shape index (κ1) is 30.4. The van der Waals surface area contributed by atoms with Crippen LogP contribution in [0.1, 0.15) is 70.1 Å². The van der Waals surface area contributed by atoms with E-state index < -0.39 is 0 Å². The fourth-order valence-corrected chi connectivity index (χ4v) is 6.23. The summed E-state index contributed by atoms with van der Waals surface area (Å²) < 4.78 is 0. The Morgan fingerprint density at radius 1 is 1.29 bits per heavy atom. The van der Waals surface area contributed by atoms with Gasteiger partial charge < -0.3 is 20.6 Å². The molecule has 0 fully saturated rings. The number of anilines is 1. The molecule has 0 bridgehead atoms. The molecule has 0 spiro atoms. The number of allylic oxidation sites excluding steroid dienone is 4. The zero-order chi connectivity index (χ0) is 27.7. The van der Waals surface area contributed by atoms with Crippen molar-refractivity contribution in [1.29, 1.82) is 0 Å². The van der Waals surface area contributed by atoms with E-state index in [4.69, 9.17) is 16.6 Å². The van der Waals surface area contributed by atoms with Gasteiger partial charge in [-0.15, -0.1) is 17.9 Å². The minimum atomic E-state index is -0.256. The largest absolute Gasteiger partial charge is 0.395 e. The molecule has 38 heavy (non-hydrogen) atoms. The van der Waals surface area contributed by atoms with E-state index in [-0.39, 0.29) is 24.7 Å². The van der Waals surface area contributed by atoms with Gasteiger partial charge in [-0.1, -0.05) is 47.6 Å². The van der Waals surface area contributed by atoms with Crippen LogP contribution in [0.5, 0.6) is 0 Å². The van der Waals surface area contributed by atoms with Crippen LogP contribution in [0.15, 0.2) is 69.9 Å². The molecule has 0 aromatic carbocycles. The number of nitrogens with one attached hydrogen (secondary N) is 2. The molecule has 2 atom stereocenters. The lowest BCUT2D eigenvalue weighted by atomic mass is 9.86. The van der Waals surface area contributed by atoms with Crippen molar-refractivity contribution in [3.63, 3.8) is 0 Å². The second-order valence-corrected chi connectivity index (χ2v) is 12.0. The van der Waals surface area contributed by atoms with Crippen LogP contribution in [0.25, 0.3) is 0 Å². The third-order valence-electron chi connectivity index (χ3n) is 6.90. The van der Waals surface area contributed by atoms with Gasteiger partial charge in [-0.2, -0.15) is 0 Å². The summed E-state index contributed by atoms with van der Waals surface area (Å²) in [5.74, 6) is 0.725. The molecule has 1 aliphatic heterocycles. The Balaban J connectivity index is 1.78. The number of thiazole rings is 1. The maximum Gasteiger partial charge on any atom is 0.184 e. The standard InChI is InChI=1S/C30H44ClN5OS/c1-7-10-27(34-28(33-20(2)3)17-23-12-9-15-36(6)16-14-23)35-30-32-18-26(38-30)24(19-37)22(5)29-21(4)11-8-13-25(29)31/h7,12-13,18,20,24,27,37H,1,5,8-11,14-17,19H2,2-4,6H3,(H,32,35)(H,33,34). The van der Waals surface area contributed by atoms with E-state index >= 15 is 0 Å². The average molecular weight is 558 g/mol. The van der Waals surface area contributed by atoms with Gasteiger partial charge in [0.2, 0.25) is 0 Å². The van der Waals surface area contributed by atoms with Crippen molar-refractivity contribution in [2.75, 3.05) is 32.1 Å². The van der Waals surface area contributed by atoms with E-state index in [1.165, 1.54) is 22.5 Å². The van der Waals surface area contributed by atoms with Gasteiger partial charge in [0.05, 0.1) is 6.61 Å². The molecule has 2 unspecified atom stereocenters. The molecule has 1 aliphatic carbocycles. The van der Waals surface area contributed by atoms with Crippen molar-refractivity contribution in [2.45, 2.75) is 77.4 Å². The first-order valence-electron chi connectivity index (χ1n) is 13.6. The minimum absolute atomic E-state index is 0.0532. The highest BCUT2D eigenvalue weighted by molar-refractivity contribution is 7.15. The lowest BCUT2D eigenvalue weighted by Gasteiger charge is -2.23. The number of halogens is 1. The molecular weight excluding hydrogens is 514 g/mol. The number of hydrogen-bond donors (Lipinski definition) is 3. The summed E-state index contributed by atoms with van der Waals surface area (Å²) in [6.45, 7) is 16.8. The number of hydrogen-bond acceptors (Lipinski definition) is 6. The Labute approximate surface area is 238 Å². The molecule has 2 heterocycles. The fourth-order valence-electron chi connectivity index (χ4n) is 4.85. The third kappa shape index (κ3) is 8.67. The van der Waals surface area contributed by atoms with Crippen molar-refractivity contribution >= 4 is 33.9 Å². The van der Waals surface area contributed by atoms with E-state index in [0.29, 0.717) is 6.42 Å². The Morgan fingerprint density at radius 3 is 2.76 bits per heavy atom. The molecule has 2 aliphatic rings. The molecule has 1 aromatic heterocycles. The van der Waals surface area contributed by atoms with Crippen LogP contribution in [0.3, 0.4) is 0 Å². The van der Waals surface area contributed by atoms with Crippen molar-refractivity contribution < 1.29 is 5.11 Å². The first-order chi connectivity index (χ1) is 18.2. The number of aliphatic hydroxyl groups excluding tert-OH is 1. The Morgan fingerprint density at radius 2 is 2.08 bits per heavy atom. The van der Waals surface area contributed by atoms with Crippen molar-refractivity contribution in [2.24, 2.45) is 4.99 Å². The summed E-state index contributed by atoms with van der Waals surface area (Å²) in [5.41, 5.74) is 4.45. The van der Waals surface area contributed by atoms with Crippen LogP contribution >= 0.6 is 22.9 Å². The highest BCUT2D eigenvalue weighted by atomic mass is 35.5. The van der Waals surface area contributed by atoms with E-state index in [0.717, 1.165) is 77.2 Å². The van der Waals surface area contributed by atoms with Gasteiger partial charge in [0.1, 0.15) is 12.0 Å². The van der Waals surface area contributed by atoms with E-state index in [1.54, 1.807) is 0 Å². The molecule has 6 nitrogen and oxygen atoms in total. The fraction of sp³-hybridized carbons (Fsp3) is 0.533. The highest BCUT2D eigenvalue weighted by Crippen LogP contribution is 2.40. The van der Waals surface area contributed by atoms with Crippen LogP contribution in [-0.2, 0) is 0 Å². The number of aromatic nitrogens is 1. The van der Waals surface area contributed by atoms with Crippen LogP contribution in [0.2, 0.25) is 0 Å². The lowest BCUT2D eigenvalue weighted by Crippen LogP contribution is -2.33. The Bertz CT molecular complexity index is 1100. The predicted molar refractivity (Wildman–Crippen MR) is 164 cm³/mol. The summed E-state index contributed by atoms with van der Waals surface area (Å²) in [6, 6.07) is 0.286. The Kier molecular flexibility index (Phi) is 11.8. The van der Waals surface area contributed by atoms with Gasteiger partial charge in [-0.05, 0) is 64.6 Å². The second kappa shape index (κ2) is 14.8. The number of nitrogens with zero attached hydrogens (tertiary/aromatic N) is 3. The van der Waals surface area contributed by atoms with Gasteiger partial charge in [0, 0.05) is 54.0 Å². The Hall–Kier alpha value is -2.19. The topological polar surface area (TPSA) is 72.8 Å². The van der Waals surface area contributed by atoms with Crippen LogP contribution in [-0.4, -0.2) is 59.8 Å². The average Bonchev–Trinajstić information content (AvgIpc) is 3.20. The van der Waals surface area contributed by atoms with Gasteiger partial charge >= 0.3 is 0 Å². The molecule has 3 rings (SSSR count). The van der Waals surface area contributed by atoms with E-state index in [2.05, 4.69) is 67.6 Å². The van der Waals surface area contributed by atoms with Crippen molar-refractivity contribution in [3.05, 3.63) is 69.8 Å². The van der Waals surface area contributed by atoms with Gasteiger partial charge in [-0.3, -0.25) is 0 Å². The molecule has 0 radical (unpaired) electrons. The number of amidine groups is 1. The molecule has 0 amide bonds. The predicted octanol–water partition coefficient (Wildman–Crippen LogP) is 6.76. The maximum absolute atomic E-state index is 10.3. The maximum atomic E-state index is 10.3. The summed E-state index contributed by atoms with van der Waals surface area (Å²) in [7, 11) is 2.18. The quantitative estimate of drug-likeness (QED) is 0.150. The third-order valence-corrected chi connectivity index (χ3v) is 8.29. The van der Waals surface area contributed by atoms with Gasteiger partial charge in [0.15, 0.2) is 5.13 Å². The molecule has 0 saturated heterocycles. The zero-order valence-electron chi connectivity index (χ0n) is 23.4. The highest BCUT2D eigenvalue weighted by Gasteiger charge is 2.25. The normalized spacial score (nSPS) is 19.0. The SMILES string of the molecule is C=CCC(/N=C(/CC1=CCCN(C)CC1)NC(C)C)Nc1ncc(C(CO)C(=C)C2=C(C)CCC=C2Cl)s1. The van der Waals surface area contributed by atoms with Crippen LogP contribution in [0.4, 0.5) is 5.13 Å². The lowest BCUT2D eigenvalue weighted by molar-refractivity contribution is 0.281. The molecule has 8 heteroatoms. The molecular formula is C30H44ClN5OS. The molecule has 3 N–H and O–H groups in total. The zero-order valence-corrected chi connectivity index (χ0v) is 25.0. The minimum Gasteiger partial charge on any atom is -0.395 e. The summed E-state index contributed by atoms with van der Waals surface area (Å²) in [6.07, 6.45) is 13.4. The summed E-state index contributed by atoms with van der Waals surface area (Å²) in [5, 5.41) is 18.8.